The molecule has 96 valence electrons. The van der Waals surface area contributed by atoms with Gasteiger partial charge in [0.05, 0.1) is 0 Å². The van der Waals surface area contributed by atoms with Gasteiger partial charge in [0, 0.05) is 34.9 Å². The van der Waals surface area contributed by atoms with Crippen molar-refractivity contribution in [3.63, 3.8) is 0 Å². The van der Waals surface area contributed by atoms with Crippen LogP contribution in [0.2, 0.25) is 0 Å². The number of nitrogens with one attached hydrogen (secondary N) is 1. The fourth-order valence-electron chi connectivity index (χ4n) is 2.55. The van der Waals surface area contributed by atoms with E-state index in [1.165, 1.54) is 32.8 Å². The molecule has 2 nitrogen and oxygen atoms in total. The maximum atomic E-state index is 4.28. The highest BCUT2D eigenvalue weighted by Crippen LogP contribution is 2.32. The van der Waals surface area contributed by atoms with E-state index in [9.17, 15) is 0 Å². The maximum Gasteiger partial charge on any atom is 0.0429 e. The number of aromatic nitrogens is 1. The number of pyridine rings is 1. The Morgan fingerprint density at radius 3 is 2.63 bits per heavy atom. The highest BCUT2D eigenvalue weighted by Gasteiger charge is 2.07. The average molecular weight is 250 g/mol. The van der Waals surface area contributed by atoms with Gasteiger partial charge < -0.3 is 5.32 Å². The van der Waals surface area contributed by atoms with Gasteiger partial charge in [-0.25, -0.2) is 0 Å². The lowest BCUT2D eigenvalue weighted by Crippen LogP contribution is -2.10. The smallest absolute Gasteiger partial charge is 0.0429 e. The third-order valence-corrected chi connectivity index (χ3v) is 3.35. The summed E-state index contributed by atoms with van der Waals surface area (Å²) in [6.45, 7) is 6.45. The van der Waals surface area contributed by atoms with Gasteiger partial charge in [-0.15, -0.1) is 0 Å². The van der Waals surface area contributed by atoms with Gasteiger partial charge in [-0.2, -0.15) is 0 Å². The Hall–Kier alpha value is -2.09. The van der Waals surface area contributed by atoms with Gasteiger partial charge in [0.2, 0.25) is 0 Å². The molecular formula is C17H18N2. The zero-order chi connectivity index (χ0) is 13.4. The summed E-state index contributed by atoms with van der Waals surface area (Å²) < 4.78 is 0. The monoisotopic (exact) mass is 250 g/mol. The SMILES string of the molecule is Cc1ccc2c(c1)cc(NC(C)C)c1ccncc12. The lowest BCUT2D eigenvalue weighted by atomic mass is 10.00. The third-order valence-electron chi connectivity index (χ3n) is 3.35. The molecule has 0 unspecified atom stereocenters. The highest BCUT2D eigenvalue weighted by atomic mass is 14.9. The van der Waals surface area contributed by atoms with E-state index in [1.54, 1.807) is 0 Å². The molecule has 2 aromatic carbocycles. The minimum absolute atomic E-state index is 0.415. The van der Waals surface area contributed by atoms with Crippen molar-refractivity contribution in [2.24, 2.45) is 0 Å². The Morgan fingerprint density at radius 1 is 1.00 bits per heavy atom. The number of hydrogen-bond donors (Lipinski definition) is 1. The summed E-state index contributed by atoms with van der Waals surface area (Å²) >= 11 is 0. The van der Waals surface area contributed by atoms with Crippen LogP contribution in [0.5, 0.6) is 0 Å². The number of aryl methyl sites for hydroxylation is 1. The summed E-state index contributed by atoms with van der Waals surface area (Å²) in [6.07, 6.45) is 3.81. The molecule has 1 aromatic heterocycles. The quantitative estimate of drug-likeness (QED) is 0.676. The van der Waals surface area contributed by atoms with Gasteiger partial charge in [0.1, 0.15) is 0 Å². The van der Waals surface area contributed by atoms with Gasteiger partial charge in [-0.3, -0.25) is 4.98 Å². The molecule has 0 saturated carbocycles. The van der Waals surface area contributed by atoms with Crippen LogP contribution in [0, 0.1) is 6.92 Å². The van der Waals surface area contributed by atoms with Crippen molar-refractivity contribution < 1.29 is 0 Å². The molecule has 0 amide bonds. The standard InChI is InChI=1S/C17H18N2/c1-11(2)19-17-9-13-8-12(3)4-5-14(13)16-10-18-7-6-15(16)17/h4-11,19H,1-3H3. The van der Waals surface area contributed by atoms with Crippen LogP contribution < -0.4 is 5.32 Å². The van der Waals surface area contributed by atoms with Gasteiger partial charge >= 0.3 is 0 Å². The van der Waals surface area contributed by atoms with Gasteiger partial charge in [0.15, 0.2) is 0 Å². The first-order valence-electron chi connectivity index (χ1n) is 6.69. The van der Waals surface area contributed by atoms with E-state index in [2.05, 4.69) is 61.4 Å². The van der Waals surface area contributed by atoms with E-state index in [1.807, 2.05) is 12.4 Å². The van der Waals surface area contributed by atoms with E-state index in [4.69, 9.17) is 0 Å². The fourth-order valence-corrected chi connectivity index (χ4v) is 2.55. The fraction of sp³-hybridized carbons (Fsp3) is 0.235. The van der Waals surface area contributed by atoms with E-state index >= 15 is 0 Å². The zero-order valence-corrected chi connectivity index (χ0v) is 11.6. The minimum Gasteiger partial charge on any atom is -0.382 e. The summed E-state index contributed by atoms with van der Waals surface area (Å²) in [5.74, 6) is 0. The Labute approximate surface area is 113 Å². The first-order chi connectivity index (χ1) is 9.15. The van der Waals surface area contributed by atoms with Gasteiger partial charge in [-0.1, -0.05) is 23.8 Å². The van der Waals surface area contributed by atoms with Crippen molar-refractivity contribution >= 4 is 27.2 Å². The van der Waals surface area contributed by atoms with Crippen molar-refractivity contribution in [1.82, 2.24) is 4.98 Å². The number of rotatable bonds is 2. The van der Waals surface area contributed by atoms with Crippen LogP contribution in [-0.4, -0.2) is 11.0 Å². The van der Waals surface area contributed by atoms with Crippen molar-refractivity contribution in [3.8, 4) is 0 Å². The van der Waals surface area contributed by atoms with Crippen molar-refractivity contribution in [2.75, 3.05) is 5.32 Å². The zero-order valence-electron chi connectivity index (χ0n) is 11.6. The van der Waals surface area contributed by atoms with Crippen LogP contribution in [0.25, 0.3) is 21.5 Å². The normalized spacial score (nSPS) is 11.4. The van der Waals surface area contributed by atoms with Crippen molar-refractivity contribution in [3.05, 3.63) is 48.3 Å². The highest BCUT2D eigenvalue weighted by molar-refractivity contribution is 6.12. The number of benzene rings is 2. The van der Waals surface area contributed by atoms with E-state index < -0.39 is 0 Å². The second kappa shape index (κ2) is 4.54. The molecule has 0 atom stereocenters. The number of anilines is 1. The van der Waals surface area contributed by atoms with E-state index in [0.717, 1.165) is 0 Å². The molecule has 0 aliphatic rings. The molecule has 0 bridgehead atoms. The summed E-state index contributed by atoms with van der Waals surface area (Å²) in [4.78, 5) is 4.28. The predicted octanol–water partition coefficient (Wildman–Crippen LogP) is 4.52. The van der Waals surface area contributed by atoms with Gasteiger partial charge in [0.25, 0.3) is 0 Å². The van der Waals surface area contributed by atoms with Crippen LogP contribution in [0.3, 0.4) is 0 Å². The van der Waals surface area contributed by atoms with Gasteiger partial charge in [-0.05, 0) is 43.7 Å². The van der Waals surface area contributed by atoms with Crippen LogP contribution in [0.15, 0.2) is 42.7 Å². The van der Waals surface area contributed by atoms with Crippen molar-refractivity contribution in [2.45, 2.75) is 26.8 Å². The van der Waals surface area contributed by atoms with Crippen LogP contribution in [-0.2, 0) is 0 Å². The summed E-state index contributed by atoms with van der Waals surface area (Å²) in [5, 5.41) is 8.51. The molecule has 1 heterocycles. The molecule has 0 aliphatic carbocycles. The van der Waals surface area contributed by atoms with E-state index in [-0.39, 0.29) is 0 Å². The largest absolute Gasteiger partial charge is 0.382 e. The lowest BCUT2D eigenvalue weighted by Gasteiger charge is -2.15. The molecule has 0 spiro atoms. The van der Waals surface area contributed by atoms with Crippen LogP contribution >= 0.6 is 0 Å². The first-order valence-corrected chi connectivity index (χ1v) is 6.69. The molecule has 3 aromatic rings. The minimum atomic E-state index is 0.415. The Morgan fingerprint density at radius 2 is 1.84 bits per heavy atom. The number of hydrogen-bond acceptors (Lipinski definition) is 2. The summed E-state index contributed by atoms with van der Waals surface area (Å²) in [6, 6.07) is 11.3. The Balaban J connectivity index is 2.39. The molecule has 0 fully saturated rings. The topological polar surface area (TPSA) is 24.9 Å². The summed E-state index contributed by atoms with van der Waals surface area (Å²) in [5.41, 5.74) is 2.47. The second-order valence-electron chi connectivity index (χ2n) is 5.37. The second-order valence-corrected chi connectivity index (χ2v) is 5.37. The number of nitrogens with zero attached hydrogens (tertiary/aromatic N) is 1. The molecule has 0 radical (unpaired) electrons. The Bertz CT molecular complexity index is 745. The van der Waals surface area contributed by atoms with E-state index in [0.29, 0.717) is 6.04 Å². The summed E-state index contributed by atoms with van der Waals surface area (Å²) in [7, 11) is 0. The molecule has 2 heteroatoms. The van der Waals surface area contributed by atoms with Crippen molar-refractivity contribution in [1.29, 1.82) is 0 Å². The predicted molar refractivity (Wildman–Crippen MR) is 82.7 cm³/mol. The average Bonchev–Trinajstić information content (AvgIpc) is 2.38. The molecule has 0 aliphatic heterocycles. The number of fused-ring (bicyclic) bond motifs is 3. The molecule has 3 rings (SSSR count). The maximum absolute atomic E-state index is 4.28. The molecule has 1 N–H and O–H groups in total. The first kappa shape index (κ1) is 12.0. The lowest BCUT2D eigenvalue weighted by molar-refractivity contribution is 0.902. The Kier molecular flexibility index (Phi) is 2.86. The third kappa shape index (κ3) is 2.14. The molecule has 0 saturated heterocycles. The molecular weight excluding hydrogens is 232 g/mol. The van der Waals surface area contributed by atoms with Crippen LogP contribution in [0.1, 0.15) is 19.4 Å². The molecule has 19 heavy (non-hydrogen) atoms. The van der Waals surface area contributed by atoms with Crippen LogP contribution in [0.4, 0.5) is 5.69 Å².